The Balaban J connectivity index is 1.76. The summed E-state index contributed by atoms with van der Waals surface area (Å²) in [7, 11) is 0. The molecule has 1 N–H and O–H groups in total. The molecule has 1 atom stereocenters. The van der Waals surface area contributed by atoms with Crippen molar-refractivity contribution in [1.29, 1.82) is 0 Å². The Hall–Kier alpha value is -2.67. The predicted octanol–water partition coefficient (Wildman–Crippen LogP) is 3.22. The van der Waals surface area contributed by atoms with E-state index in [1.54, 1.807) is 0 Å². The van der Waals surface area contributed by atoms with Crippen LogP contribution in [0.1, 0.15) is 31.4 Å². The van der Waals surface area contributed by atoms with Gasteiger partial charge in [0.1, 0.15) is 6.54 Å². The maximum absolute atomic E-state index is 12.5. The van der Waals surface area contributed by atoms with Gasteiger partial charge in [0.25, 0.3) is 0 Å². The minimum absolute atomic E-state index is 0.0838. The zero-order chi connectivity index (χ0) is 17.6. The van der Waals surface area contributed by atoms with Gasteiger partial charge in [-0.25, -0.2) is 9.36 Å². The molecule has 0 bridgehead atoms. The number of hydrogen-bond acceptors (Lipinski definition) is 5. The first kappa shape index (κ1) is 17.2. The number of aromatic nitrogens is 2. The van der Waals surface area contributed by atoms with Crippen LogP contribution in [0.25, 0.3) is 10.7 Å². The molecule has 2 heterocycles. The Kier molecular flexibility index (Phi) is 5.45. The topological polar surface area (TPSA) is 77.1 Å². The molecule has 6 nitrogen and oxygen atoms in total. The summed E-state index contributed by atoms with van der Waals surface area (Å²) in [4.78, 5) is 25.2. The Morgan fingerprint density at radius 3 is 2.76 bits per heavy atom. The molecule has 0 aliphatic carbocycles. The van der Waals surface area contributed by atoms with E-state index in [2.05, 4.69) is 17.4 Å². The maximum Gasteiger partial charge on any atom is 0.442 e. The van der Waals surface area contributed by atoms with E-state index < -0.39 is 5.76 Å². The SMILES string of the molecule is CCC[C@H](NC(=O)Cn1c(-c2cccs2)noc1=O)c1ccccc1. The van der Waals surface area contributed by atoms with E-state index >= 15 is 0 Å². The Bertz CT molecular complexity index is 869. The van der Waals surface area contributed by atoms with Crippen molar-refractivity contribution in [2.24, 2.45) is 0 Å². The molecule has 2 aromatic heterocycles. The second-order valence-corrected chi connectivity index (χ2v) is 6.60. The van der Waals surface area contributed by atoms with Crippen molar-refractivity contribution >= 4 is 17.2 Å². The second kappa shape index (κ2) is 7.94. The highest BCUT2D eigenvalue weighted by Crippen LogP contribution is 2.22. The minimum atomic E-state index is -0.634. The monoisotopic (exact) mass is 357 g/mol. The van der Waals surface area contributed by atoms with Crippen molar-refractivity contribution < 1.29 is 9.32 Å². The van der Waals surface area contributed by atoms with E-state index in [1.165, 1.54) is 15.9 Å². The summed E-state index contributed by atoms with van der Waals surface area (Å²) in [6.07, 6.45) is 1.76. The Morgan fingerprint density at radius 1 is 1.28 bits per heavy atom. The zero-order valence-corrected chi connectivity index (χ0v) is 14.7. The van der Waals surface area contributed by atoms with Crippen LogP contribution in [-0.4, -0.2) is 15.6 Å². The Labute approximate surface area is 149 Å². The van der Waals surface area contributed by atoms with Crippen LogP contribution in [0.2, 0.25) is 0 Å². The summed E-state index contributed by atoms with van der Waals surface area (Å²) >= 11 is 1.44. The normalized spacial score (nSPS) is 12.0. The Morgan fingerprint density at radius 2 is 2.08 bits per heavy atom. The van der Waals surface area contributed by atoms with Gasteiger partial charge in [0.2, 0.25) is 5.91 Å². The lowest BCUT2D eigenvalue weighted by Crippen LogP contribution is -2.34. The highest BCUT2D eigenvalue weighted by atomic mass is 32.1. The smallest absolute Gasteiger partial charge is 0.348 e. The van der Waals surface area contributed by atoms with E-state index in [9.17, 15) is 9.59 Å². The minimum Gasteiger partial charge on any atom is -0.348 e. The first-order valence-electron chi connectivity index (χ1n) is 8.13. The third-order valence-corrected chi connectivity index (χ3v) is 4.71. The molecule has 0 saturated carbocycles. The number of benzene rings is 1. The molecule has 0 aliphatic rings. The highest BCUT2D eigenvalue weighted by Gasteiger charge is 2.19. The molecule has 0 aliphatic heterocycles. The number of nitrogens with one attached hydrogen (secondary N) is 1. The molecule has 0 unspecified atom stereocenters. The fourth-order valence-corrected chi connectivity index (χ4v) is 3.38. The number of thiophene rings is 1. The van der Waals surface area contributed by atoms with Crippen LogP contribution in [0.5, 0.6) is 0 Å². The molecule has 3 aromatic rings. The van der Waals surface area contributed by atoms with E-state index in [0.717, 1.165) is 23.3 Å². The summed E-state index contributed by atoms with van der Waals surface area (Å²) in [5.74, 6) is -0.502. The van der Waals surface area contributed by atoms with Crippen molar-refractivity contribution in [1.82, 2.24) is 15.0 Å². The summed E-state index contributed by atoms with van der Waals surface area (Å²) < 4.78 is 6.00. The van der Waals surface area contributed by atoms with Crippen LogP contribution >= 0.6 is 11.3 Å². The summed E-state index contributed by atoms with van der Waals surface area (Å²) in [6, 6.07) is 13.4. The lowest BCUT2D eigenvalue weighted by atomic mass is 10.0. The van der Waals surface area contributed by atoms with Crippen LogP contribution in [0.3, 0.4) is 0 Å². The number of amides is 1. The van der Waals surface area contributed by atoms with Gasteiger partial charge in [0.15, 0.2) is 5.82 Å². The molecular weight excluding hydrogens is 338 g/mol. The van der Waals surface area contributed by atoms with E-state index in [4.69, 9.17) is 4.52 Å². The largest absolute Gasteiger partial charge is 0.442 e. The maximum atomic E-state index is 12.5. The number of rotatable bonds is 7. The predicted molar refractivity (Wildman–Crippen MR) is 96.3 cm³/mol. The van der Waals surface area contributed by atoms with Crippen molar-refractivity contribution in [2.45, 2.75) is 32.4 Å². The van der Waals surface area contributed by atoms with Crippen LogP contribution in [0.4, 0.5) is 0 Å². The fraction of sp³-hybridized carbons (Fsp3) is 0.278. The molecule has 3 rings (SSSR count). The van der Waals surface area contributed by atoms with Crippen molar-refractivity contribution in [3.8, 4) is 10.7 Å². The summed E-state index contributed by atoms with van der Waals surface area (Å²) in [6.45, 7) is 1.95. The molecule has 1 aromatic carbocycles. The van der Waals surface area contributed by atoms with Gasteiger partial charge in [0.05, 0.1) is 10.9 Å². The number of carbonyl (C=O) groups is 1. The van der Waals surface area contributed by atoms with Gasteiger partial charge in [-0.1, -0.05) is 54.9 Å². The zero-order valence-electron chi connectivity index (χ0n) is 13.8. The van der Waals surface area contributed by atoms with Gasteiger partial charge in [-0.2, -0.15) is 0 Å². The van der Waals surface area contributed by atoms with Gasteiger partial charge < -0.3 is 5.32 Å². The summed E-state index contributed by atoms with van der Waals surface area (Å²) in [5, 5.41) is 8.68. The van der Waals surface area contributed by atoms with E-state index in [0.29, 0.717) is 5.82 Å². The third kappa shape index (κ3) is 4.06. The van der Waals surface area contributed by atoms with Crippen LogP contribution in [0, 0.1) is 0 Å². The molecule has 25 heavy (non-hydrogen) atoms. The van der Waals surface area contributed by atoms with E-state index in [-0.39, 0.29) is 18.5 Å². The van der Waals surface area contributed by atoms with Gasteiger partial charge in [-0.15, -0.1) is 11.3 Å². The van der Waals surface area contributed by atoms with Crippen molar-refractivity contribution in [3.63, 3.8) is 0 Å². The average Bonchev–Trinajstić information content (AvgIpc) is 3.26. The highest BCUT2D eigenvalue weighted by molar-refractivity contribution is 7.13. The van der Waals surface area contributed by atoms with Crippen molar-refractivity contribution in [2.75, 3.05) is 0 Å². The van der Waals surface area contributed by atoms with Gasteiger partial charge in [-0.3, -0.25) is 9.32 Å². The van der Waals surface area contributed by atoms with Crippen LogP contribution < -0.4 is 11.1 Å². The molecule has 0 fully saturated rings. The van der Waals surface area contributed by atoms with E-state index in [1.807, 2.05) is 47.8 Å². The van der Waals surface area contributed by atoms with Crippen LogP contribution in [0.15, 0.2) is 57.2 Å². The lowest BCUT2D eigenvalue weighted by molar-refractivity contribution is -0.122. The molecule has 130 valence electrons. The molecule has 7 heteroatoms. The van der Waals surface area contributed by atoms with Gasteiger partial charge in [-0.05, 0) is 23.4 Å². The molecule has 0 radical (unpaired) electrons. The van der Waals surface area contributed by atoms with Crippen LogP contribution in [-0.2, 0) is 11.3 Å². The molecule has 1 amide bonds. The molecule has 0 spiro atoms. The van der Waals surface area contributed by atoms with Crippen molar-refractivity contribution in [3.05, 3.63) is 64.0 Å². The number of nitrogens with zero attached hydrogens (tertiary/aromatic N) is 2. The summed E-state index contributed by atoms with van der Waals surface area (Å²) in [5.41, 5.74) is 1.05. The molecular formula is C18H19N3O3S. The average molecular weight is 357 g/mol. The number of carbonyl (C=O) groups excluding carboxylic acids is 1. The first-order chi connectivity index (χ1) is 12.2. The van der Waals surface area contributed by atoms with Gasteiger partial charge in [0, 0.05) is 0 Å². The standard InChI is InChI=1S/C18H19N3O3S/c1-2-7-14(13-8-4-3-5-9-13)19-16(22)12-21-17(20-24-18(21)23)15-10-6-11-25-15/h3-6,8-11,14H,2,7,12H2,1H3,(H,19,22)/t14-/m0/s1. The lowest BCUT2D eigenvalue weighted by Gasteiger charge is -2.18. The van der Waals surface area contributed by atoms with Gasteiger partial charge >= 0.3 is 5.76 Å². The quantitative estimate of drug-likeness (QED) is 0.704. The third-order valence-electron chi connectivity index (χ3n) is 3.84. The fourth-order valence-electron chi connectivity index (χ4n) is 2.67. The second-order valence-electron chi connectivity index (χ2n) is 5.65. The molecule has 0 saturated heterocycles. The first-order valence-corrected chi connectivity index (χ1v) is 9.01. The number of hydrogen-bond donors (Lipinski definition) is 1.